The van der Waals surface area contributed by atoms with Crippen molar-refractivity contribution in [3.05, 3.63) is 23.2 Å². The predicted octanol–water partition coefficient (Wildman–Crippen LogP) is 2.23. The quantitative estimate of drug-likeness (QED) is 0.844. The Morgan fingerprint density at radius 3 is 2.95 bits per heavy atom. The number of nitrogens with zero attached hydrogens (tertiary/aromatic N) is 1. The van der Waals surface area contributed by atoms with Crippen LogP contribution in [0.25, 0.3) is 0 Å². The highest BCUT2D eigenvalue weighted by Gasteiger charge is 2.18. The van der Waals surface area contributed by atoms with Gasteiger partial charge in [0.2, 0.25) is 0 Å². The summed E-state index contributed by atoms with van der Waals surface area (Å²) in [6.45, 7) is 5.78. The van der Waals surface area contributed by atoms with Crippen molar-refractivity contribution in [2.24, 2.45) is 5.92 Å². The van der Waals surface area contributed by atoms with Crippen molar-refractivity contribution >= 4 is 18.4 Å². The van der Waals surface area contributed by atoms with Crippen LogP contribution in [0.2, 0.25) is 0 Å². The molecule has 0 amide bonds. The number of furan rings is 1. The smallest absolute Gasteiger partial charge is 0.341 e. The lowest BCUT2D eigenvalue weighted by Gasteiger charge is -2.27. The molecule has 6 heteroatoms. The maximum absolute atomic E-state index is 11.5. The van der Waals surface area contributed by atoms with E-state index in [0.29, 0.717) is 23.8 Å². The Balaban J connectivity index is 0.00000220. The van der Waals surface area contributed by atoms with Gasteiger partial charge in [0.1, 0.15) is 17.1 Å². The Kier molecular flexibility index (Phi) is 7.22. The number of rotatable bonds is 5. The number of nitrogens with one attached hydrogen (secondary N) is 1. The van der Waals surface area contributed by atoms with Gasteiger partial charge in [0.15, 0.2) is 0 Å². The third kappa shape index (κ3) is 5.02. The molecule has 1 aliphatic rings. The summed E-state index contributed by atoms with van der Waals surface area (Å²) in [5.41, 5.74) is 0.523. The third-order valence-electron chi connectivity index (χ3n) is 3.77. The number of hydrogen-bond donors (Lipinski definition) is 1. The van der Waals surface area contributed by atoms with Gasteiger partial charge in [-0.05, 0) is 51.9 Å². The largest absolute Gasteiger partial charge is 0.465 e. The molecule has 1 atom stereocenters. The SMILES string of the molecule is COC(=O)c1cc(CN(C)CC2CCCNC2)oc1C.Cl. The van der Waals surface area contributed by atoms with Crippen molar-refractivity contribution in [2.75, 3.05) is 33.8 Å². The highest BCUT2D eigenvalue weighted by Crippen LogP contribution is 2.18. The third-order valence-corrected chi connectivity index (χ3v) is 3.77. The zero-order chi connectivity index (χ0) is 14.5. The number of esters is 1. The van der Waals surface area contributed by atoms with E-state index in [0.717, 1.165) is 25.4 Å². The van der Waals surface area contributed by atoms with E-state index in [4.69, 9.17) is 9.15 Å². The molecule has 0 aromatic carbocycles. The van der Waals surface area contributed by atoms with E-state index >= 15 is 0 Å². The molecule has 0 bridgehead atoms. The number of methoxy groups -OCH3 is 1. The van der Waals surface area contributed by atoms with Crippen LogP contribution >= 0.6 is 12.4 Å². The molecule has 0 radical (unpaired) electrons. The zero-order valence-corrected chi connectivity index (χ0v) is 13.8. The lowest BCUT2D eigenvalue weighted by Crippen LogP contribution is -2.36. The lowest BCUT2D eigenvalue weighted by atomic mass is 9.99. The van der Waals surface area contributed by atoms with Gasteiger partial charge in [0.05, 0.1) is 13.7 Å². The van der Waals surface area contributed by atoms with E-state index in [9.17, 15) is 4.79 Å². The minimum atomic E-state index is -0.336. The number of aryl methyl sites for hydroxylation is 1. The van der Waals surface area contributed by atoms with E-state index in [1.165, 1.54) is 20.0 Å². The normalized spacial score (nSPS) is 18.4. The Bertz CT molecular complexity index is 456. The van der Waals surface area contributed by atoms with Crippen molar-refractivity contribution in [3.8, 4) is 0 Å². The fourth-order valence-corrected chi connectivity index (χ4v) is 2.79. The molecule has 1 unspecified atom stereocenters. The highest BCUT2D eigenvalue weighted by atomic mass is 35.5. The van der Waals surface area contributed by atoms with Crippen molar-refractivity contribution < 1.29 is 13.9 Å². The minimum Gasteiger partial charge on any atom is -0.465 e. The summed E-state index contributed by atoms with van der Waals surface area (Å²) in [7, 11) is 3.47. The summed E-state index contributed by atoms with van der Waals surface area (Å²) < 4.78 is 10.4. The zero-order valence-electron chi connectivity index (χ0n) is 13.0. The van der Waals surface area contributed by atoms with Crippen LogP contribution in [0.1, 0.15) is 34.7 Å². The van der Waals surface area contributed by atoms with Crippen LogP contribution in [0, 0.1) is 12.8 Å². The Morgan fingerprint density at radius 1 is 1.57 bits per heavy atom. The number of carbonyl (C=O) groups excluding carboxylic acids is 1. The second-order valence-corrected chi connectivity index (χ2v) is 5.58. The van der Waals surface area contributed by atoms with Crippen LogP contribution < -0.4 is 5.32 Å². The fourth-order valence-electron chi connectivity index (χ4n) is 2.79. The van der Waals surface area contributed by atoms with Crippen molar-refractivity contribution in [1.29, 1.82) is 0 Å². The summed E-state index contributed by atoms with van der Waals surface area (Å²) >= 11 is 0. The van der Waals surface area contributed by atoms with Crippen LogP contribution in [0.15, 0.2) is 10.5 Å². The van der Waals surface area contributed by atoms with E-state index < -0.39 is 0 Å². The van der Waals surface area contributed by atoms with Gasteiger partial charge >= 0.3 is 5.97 Å². The van der Waals surface area contributed by atoms with Crippen molar-refractivity contribution in [1.82, 2.24) is 10.2 Å². The first-order valence-corrected chi connectivity index (χ1v) is 7.17. The summed E-state index contributed by atoms with van der Waals surface area (Å²) in [4.78, 5) is 13.8. The molecule has 5 nitrogen and oxygen atoms in total. The highest BCUT2D eigenvalue weighted by molar-refractivity contribution is 5.90. The summed E-state index contributed by atoms with van der Waals surface area (Å²) in [6, 6.07) is 1.79. The number of hydrogen-bond acceptors (Lipinski definition) is 5. The molecule has 1 aromatic heterocycles. The molecular formula is C15H25ClN2O3. The number of piperidine rings is 1. The lowest BCUT2D eigenvalue weighted by molar-refractivity contribution is 0.0599. The molecule has 0 aliphatic carbocycles. The Labute approximate surface area is 132 Å². The van der Waals surface area contributed by atoms with Gasteiger partial charge in [-0.25, -0.2) is 4.79 Å². The molecule has 1 saturated heterocycles. The van der Waals surface area contributed by atoms with Gasteiger partial charge in [-0.3, -0.25) is 4.90 Å². The molecular weight excluding hydrogens is 292 g/mol. The second kappa shape index (κ2) is 8.41. The molecule has 2 heterocycles. The molecule has 0 saturated carbocycles. The van der Waals surface area contributed by atoms with Crippen LogP contribution in [-0.4, -0.2) is 44.7 Å². The first kappa shape index (κ1) is 18.0. The van der Waals surface area contributed by atoms with Crippen molar-refractivity contribution in [2.45, 2.75) is 26.3 Å². The average molecular weight is 317 g/mol. The standard InChI is InChI=1S/C15H24N2O3.ClH/c1-11-14(15(18)19-3)7-13(20-11)10-17(2)9-12-5-4-6-16-8-12;/h7,12,16H,4-6,8-10H2,1-3H3;1H. The molecule has 1 aliphatic heterocycles. The first-order valence-electron chi connectivity index (χ1n) is 7.17. The van der Waals surface area contributed by atoms with Gasteiger partial charge in [0.25, 0.3) is 0 Å². The maximum Gasteiger partial charge on any atom is 0.341 e. The maximum atomic E-state index is 11.5. The van der Waals surface area contributed by atoms with Crippen LogP contribution in [0.4, 0.5) is 0 Å². The molecule has 120 valence electrons. The van der Waals surface area contributed by atoms with E-state index in [2.05, 4.69) is 17.3 Å². The Morgan fingerprint density at radius 2 is 2.33 bits per heavy atom. The van der Waals surface area contributed by atoms with E-state index in [1.54, 1.807) is 13.0 Å². The predicted molar refractivity (Wildman–Crippen MR) is 84.0 cm³/mol. The number of halogens is 1. The Hall–Kier alpha value is -1.04. The number of ether oxygens (including phenoxy) is 1. The summed E-state index contributed by atoms with van der Waals surface area (Å²) in [5, 5.41) is 3.43. The fraction of sp³-hybridized carbons (Fsp3) is 0.667. The topological polar surface area (TPSA) is 54.7 Å². The molecule has 2 rings (SSSR count). The monoisotopic (exact) mass is 316 g/mol. The van der Waals surface area contributed by atoms with Gasteiger partial charge in [-0.2, -0.15) is 0 Å². The average Bonchev–Trinajstić information content (AvgIpc) is 2.79. The van der Waals surface area contributed by atoms with Gasteiger partial charge < -0.3 is 14.5 Å². The summed E-state index contributed by atoms with van der Waals surface area (Å²) in [6.07, 6.45) is 2.53. The van der Waals surface area contributed by atoms with Crippen LogP contribution in [0.3, 0.4) is 0 Å². The van der Waals surface area contributed by atoms with Gasteiger partial charge in [-0.15, -0.1) is 12.4 Å². The molecule has 1 fully saturated rings. The molecule has 21 heavy (non-hydrogen) atoms. The molecule has 0 spiro atoms. The molecule has 1 aromatic rings. The minimum absolute atomic E-state index is 0. The second-order valence-electron chi connectivity index (χ2n) is 5.58. The van der Waals surface area contributed by atoms with Crippen molar-refractivity contribution in [3.63, 3.8) is 0 Å². The summed E-state index contributed by atoms with van der Waals surface area (Å²) in [5.74, 6) is 1.80. The van der Waals surface area contributed by atoms with Gasteiger partial charge in [0, 0.05) is 6.54 Å². The van der Waals surface area contributed by atoms with Gasteiger partial charge in [-0.1, -0.05) is 0 Å². The molecule has 1 N–H and O–H groups in total. The van der Waals surface area contributed by atoms with Crippen LogP contribution in [0.5, 0.6) is 0 Å². The van der Waals surface area contributed by atoms with Crippen LogP contribution in [-0.2, 0) is 11.3 Å². The van der Waals surface area contributed by atoms with E-state index in [-0.39, 0.29) is 18.4 Å². The van der Waals surface area contributed by atoms with E-state index in [1.807, 2.05) is 0 Å². The first-order chi connectivity index (χ1) is 9.60. The number of carbonyl (C=O) groups is 1.